The van der Waals surface area contributed by atoms with E-state index in [0.717, 1.165) is 12.8 Å². The first kappa shape index (κ1) is 28.9. The maximum atomic E-state index is 7.50. The van der Waals surface area contributed by atoms with Crippen LogP contribution in [-0.4, -0.2) is 0 Å². The molecular formula is C19H26CrO2. The van der Waals surface area contributed by atoms with Gasteiger partial charge in [-0.2, -0.15) is 0 Å². The summed E-state index contributed by atoms with van der Waals surface area (Å²) in [7, 11) is 0. The molecule has 0 fully saturated rings. The number of hydrogen-bond acceptors (Lipinski definition) is 0. The van der Waals surface area contributed by atoms with Gasteiger partial charge in [0, 0.05) is 30.2 Å². The average molecular weight is 338 g/mol. The molecule has 0 amide bonds. The van der Waals surface area contributed by atoms with Crippen molar-refractivity contribution < 1.29 is 26.7 Å². The standard InChI is InChI=1S/C9H12.C8H14.2CO.Cr/c1-7-4-8(2)6-9(3)5-7;1-3-5-7-8-6-4-2;2*1-2;/h4-6H,1-3H3;3-6H2,1-2H3;;;. The van der Waals surface area contributed by atoms with Crippen LogP contribution in [-0.2, 0) is 26.7 Å². The average Bonchev–Trinajstić information content (AvgIpc) is 2.47. The molecule has 0 aliphatic carbocycles. The Morgan fingerprint density at radius 2 is 0.955 bits per heavy atom. The van der Waals surface area contributed by atoms with E-state index in [2.05, 4.69) is 78.0 Å². The van der Waals surface area contributed by atoms with E-state index in [-0.39, 0.29) is 17.4 Å². The SMILES string of the molecule is CCCC#CCCC.Cc1cc(C)cc(C)c1.[C-]#[O+].[C-]#[O+].[Cr]. The van der Waals surface area contributed by atoms with Crippen molar-refractivity contribution in [3.63, 3.8) is 0 Å². The molecule has 0 saturated heterocycles. The summed E-state index contributed by atoms with van der Waals surface area (Å²) in [6.07, 6.45) is 4.52. The van der Waals surface area contributed by atoms with Crippen molar-refractivity contribution in [2.75, 3.05) is 0 Å². The van der Waals surface area contributed by atoms with E-state index in [4.69, 9.17) is 9.30 Å². The minimum absolute atomic E-state index is 0. The van der Waals surface area contributed by atoms with E-state index in [0.29, 0.717) is 0 Å². The number of aryl methyl sites for hydroxylation is 3. The summed E-state index contributed by atoms with van der Waals surface area (Å²) >= 11 is 0. The number of hydrogen-bond donors (Lipinski definition) is 0. The molecule has 22 heavy (non-hydrogen) atoms. The molecule has 0 unspecified atom stereocenters. The summed E-state index contributed by atoms with van der Waals surface area (Å²) in [6.45, 7) is 19.7. The van der Waals surface area contributed by atoms with Crippen LogP contribution < -0.4 is 0 Å². The minimum atomic E-state index is 0. The van der Waals surface area contributed by atoms with Crippen LogP contribution in [0.25, 0.3) is 0 Å². The fourth-order valence-electron chi connectivity index (χ4n) is 1.63. The van der Waals surface area contributed by atoms with Crippen LogP contribution in [0.4, 0.5) is 0 Å². The molecule has 0 bridgehead atoms. The van der Waals surface area contributed by atoms with Gasteiger partial charge < -0.3 is 0 Å². The van der Waals surface area contributed by atoms with Crippen molar-refractivity contribution in [3.8, 4) is 11.8 Å². The summed E-state index contributed by atoms with van der Waals surface area (Å²) in [4.78, 5) is 0. The first-order chi connectivity index (χ1) is 10.1. The quantitative estimate of drug-likeness (QED) is 0.408. The van der Waals surface area contributed by atoms with E-state index in [1.54, 1.807) is 0 Å². The molecular weight excluding hydrogens is 312 g/mol. The topological polar surface area (TPSA) is 39.8 Å². The smallest absolute Gasteiger partial charge is 0 e. The normalized spacial score (nSPS) is 6.95. The monoisotopic (exact) mass is 338 g/mol. The largest absolute Gasteiger partial charge is 0 e. The molecule has 0 heterocycles. The fraction of sp³-hybridized carbons (Fsp3) is 0.474. The zero-order valence-corrected chi connectivity index (χ0v) is 15.6. The molecule has 1 aromatic rings. The van der Waals surface area contributed by atoms with E-state index < -0.39 is 0 Å². The van der Waals surface area contributed by atoms with Crippen LogP contribution >= 0.6 is 0 Å². The zero-order valence-electron chi connectivity index (χ0n) is 14.3. The van der Waals surface area contributed by atoms with Crippen molar-refractivity contribution in [2.45, 2.75) is 60.3 Å². The summed E-state index contributed by atoms with van der Waals surface area (Å²) in [5.74, 6) is 6.17. The molecule has 0 aliphatic rings. The van der Waals surface area contributed by atoms with E-state index in [9.17, 15) is 0 Å². The van der Waals surface area contributed by atoms with Crippen molar-refractivity contribution in [2.24, 2.45) is 0 Å². The Labute approximate surface area is 147 Å². The number of rotatable bonds is 2. The van der Waals surface area contributed by atoms with Gasteiger partial charge in [0.25, 0.3) is 0 Å². The van der Waals surface area contributed by atoms with Gasteiger partial charge in [-0.05, 0) is 33.6 Å². The fourth-order valence-corrected chi connectivity index (χ4v) is 1.63. The first-order valence-electron chi connectivity index (χ1n) is 7.01. The molecule has 2 nitrogen and oxygen atoms in total. The molecule has 0 radical (unpaired) electrons. The molecule has 0 aromatic heterocycles. The number of unbranched alkanes of at least 4 members (excludes halogenated alkanes) is 2. The Bertz CT molecular complexity index is 384. The van der Waals surface area contributed by atoms with Crippen LogP contribution in [0.3, 0.4) is 0 Å². The molecule has 1 rings (SSSR count). The molecule has 0 atom stereocenters. The summed E-state index contributed by atoms with van der Waals surface area (Å²) < 4.78 is 15.0. The molecule has 3 heteroatoms. The second-order valence-corrected chi connectivity index (χ2v) is 4.52. The van der Waals surface area contributed by atoms with Crippen LogP contribution in [0.5, 0.6) is 0 Å². The van der Waals surface area contributed by atoms with Gasteiger partial charge in [-0.1, -0.05) is 48.7 Å². The third-order valence-corrected chi connectivity index (χ3v) is 2.24. The summed E-state index contributed by atoms with van der Waals surface area (Å²) in [5, 5.41) is 0. The molecule has 0 N–H and O–H groups in total. The van der Waals surface area contributed by atoms with Gasteiger partial charge in [0.05, 0.1) is 0 Å². The Balaban J connectivity index is -0.000000116. The minimum Gasteiger partial charge on any atom is 0 e. The second kappa shape index (κ2) is 24.8. The molecule has 120 valence electrons. The number of benzene rings is 1. The maximum Gasteiger partial charge on any atom is 0 e. The van der Waals surface area contributed by atoms with Gasteiger partial charge in [0.15, 0.2) is 0 Å². The van der Waals surface area contributed by atoms with Gasteiger partial charge in [0.1, 0.15) is 0 Å². The van der Waals surface area contributed by atoms with Gasteiger partial charge in [-0.3, -0.25) is 0 Å². The van der Waals surface area contributed by atoms with Crippen molar-refractivity contribution in [3.05, 3.63) is 48.2 Å². The molecule has 1 aromatic carbocycles. The maximum absolute atomic E-state index is 7.50. The second-order valence-electron chi connectivity index (χ2n) is 4.52. The zero-order chi connectivity index (χ0) is 17.1. The summed E-state index contributed by atoms with van der Waals surface area (Å²) in [5.41, 5.74) is 4.06. The Morgan fingerprint density at radius 3 is 1.14 bits per heavy atom. The van der Waals surface area contributed by atoms with Crippen LogP contribution in [0.1, 0.15) is 56.2 Å². The van der Waals surface area contributed by atoms with Crippen molar-refractivity contribution >= 4 is 0 Å². The predicted octanol–water partition coefficient (Wildman–Crippen LogP) is 5.12. The van der Waals surface area contributed by atoms with Crippen molar-refractivity contribution in [1.82, 2.24) is 0 Å². The Hall–Kier alpha value is -1.21. The van der Waals surface area contributed by atoms with Crippen LogP contribution in [0, 0.1) is 45.9 Å². The van der Waals surface area contributed by atoms with E-state index >= 15 is 0 Å². The third-order valence-electron chi connectivity index (χ3n) is 2.24. The van der Waals surface area contributed by atoms with E-state index in [1.807, 2.05) is 0 Å². The van der Waals surface area contributed by atoms with Crippen LogP contribution in [0.15, 0.2) is 18.2 Å². The van der Waals surface area contributed by atoms with Gasteiger partial charge in [-0.25, -0.2) is 0 Å². The summed E-state index contributed by atoms with van der Waals surface area (Å²) in [6, 6.07) is 6.56. The van der Waals surface area contributed by atoms with Gasteiger partial charge in [-0.15, -0.1) is 11.8 Å². The first-order valence-corrected chi connectivity index (χ1v) is 7.01. The van der Waals surface area contributed by atoms with Gasteiger partial charge in [0.2, 0.25) is 0 Å². The van der Waals surface area contributed by atoms with E-state index in [1.165, 1.54) is 29.5 Å². The molecule has 0 spiro atoms. The van der Waals surface area contributed by atoms with Crippen LogP contribution in [0.2, 0.25) is 0 Å². The predicted molar refractivity (Wildman–Crippen MR) is 86.1 cm³/mol. The molecule has 0 saturated carbocycles. The van der Waals surface area contributed by atoms with Crippen molar-refractivity contribution in [1.29, 1.82) is 0 Å². The Kier molecular flexibility index (Phi) is 32.5. The Morgan fingerprint density at radius 1 is 0.727 bits per heavy atom. The third kappa shape index (κ3) is 23.9. The molecule has 0 aliphatic heterocycles. The van der Waals surface area contributed by atoms with Gasteiger partial charge >= 0.3 is 22.6 Å².